The van der Waals surface area contributed by atoms with Gasteiger partial charge in [-0.05, 0) is 31.2 Å². The van der Waals surface area contributed by atoms with E-state index >= 15 is 0 Å². The number of fused-ring (bicyclic) bond motifs is 1. The summed E-state index contributed by atoms with van der Waals surface area (Å²) in [5, 5.41) is 2.37. The predicted octanol–water partition coefficient (Wildman–Crippen LogP) is 2.69. The van der Waals surface area contributed by atoms with E-state index in [0.717, 1.165) is 12.1 Å². The van der Waals surface area contributed by atoms with E-state index in [1.54, 1.807) is 31.2 Å². The molecule has 2 amide bonds. The molecule has 0 fully saturated rings. The van der Waals surface area contributed by atoms with E-state index in [9.17, 15) is 23.2 Å². The molecule has 0 saturated heterocycles. The first-order valence-corrected chi connectivity index (χ1v) is 8.83. The van der Waals surface area contributed by atoms with Crippen LogP contribution in [-0.4, -0.2) is 27.9 Å². The van der Waals surface area contributed by atoms with Gasteiger partial charge in [0.2, 0.25) is 17.6 Å². The monoisotopic (exact) mass is 400 g/mol. The lowest BCUT2D eigenvalue weighted by atomic mass is 10.2. The fourth-order valence-electron chi connectivity index (χ4n) is 3.00. The largest absolute Gasteiger partial charge is 0.324 e. The minimum Gasteiger partial charge on any atom is -0.324 e. The molecule has 7 nitrogen and oxygen atoms in total. The molecule has 1 aromatic heterocycles. The molecule has 0 unspecified atom stereocenters. The number of anilines is 2. The van der Waals surface area contributed by atoms with Gasteiger partial charge in [0.1, 0.15) is 18.2 Å². The summed E-state index contributed by atoms with van der Waals surface area (Å²) in [5.74, 6) is -2.80. The minimum atomic E-state index is -0.839. The zero-order valence-corrected chi connectivity index (χ0v) is 15.8. The summed E-state index contributed by atoms with van der Waals surface area (Å²) in [5.41, 5.74) is 0.118. The molecule has 0 spiro atoms. The molecule has 0 saturated carbocycles. The summed E-state index contributed by atoms with van der Waals surface area (Å²) in [7, 11) is 0. The zero-order chi connectivity index (χ0) is 21.1. The van der Waals surface area contributed by atoms with Crippen LogP contribution >= 0.6 is 0 Å². The molecule has 2 aromatic carbocycles. The summed E-state index contributed by atoms with van der Waals surface area (Å²) in [6, 6.07) is 9.29. The summed E-state index contributed by atoms with van der Waals surface area (Å²) in [6.45, 7) is 2.82. The van der Waals surface area contributed by atoms with Crippen LogP contribution in [0.15, 0.2) is 47.3 Å². The van der Waals surface area contributed by atoms with Crippen molar-refractivity contribution in [3.05, 3.63) is 64.5 Å². The van der Waals surface area contributed by atoms with Crippen molar-refractivity contribution in [2.45, 2.75) is 20.4 Å². The lowest BCUT2D eigenvalue weighted by molar-refractivity contribution is -0.117. The van der Waals surface area contributed by atoms with E-state index in [0.29, 0.717) is 17.1 Å². The van der Waals surface area contributed by atoms with E-state index in [1.165, 1.54) is 16.4 Å². The SMILES string of the molecule is CCN(C(C)=O)c1nc2ccccc2n(CC(=O)Nc2cc(F)cc(F)c2)c1=O. The first kappa shape index (κ1) is 20.1. The van der Waals surface area contributed by atoms with Crippen LogP contribution in [0.3, 0.4) is 0 Å². The van der Waals surface area contributed by atoms with Crippen LogP contribution in [0.25, 0.3) is 11.0 Å². The summed E-state index contributed by atoms with van der Waals surface area (Å²) in [4.78, 5) is 42.8. The maximum absolute atomic E-state index is 13.3. The van der Waals surface area contributed by atoms with Gasteiger partial charge < -0.3 is 5.32 Å². The molecule has 3 aromatic rings. The molecule has 1 heterocycles. The Bertz CT molecular complexity index is 1140. The fourth-order valence-corrected chi connectivity index (χ4v) is 3.00. The van der Waals surface area contributed by atoms with Crippen LogP contribution in [0.2, 0.25) is 0 Å². The number of aromatic nitrogens is 2. The molecule has 0 aliphatic rings. The third-order valence-corrected chi connectivity index (χ3v) is 4.24. The van der Waals surface area contributed by atoms with Crippen molar-refractivity contribution in [2.24, 2.45) is 0 Å². The number of nitrogens with zero attached hydrogens (tertiary/aromatic N) is 3. The minimum absolute atomic E-state index is 0.0712. The molecule has 29 heavy (non-hydrogen) atoms. The number of rotatable bonds is 5. The number of amides is 2. The highest BCUT2D eigenvalue weighted by Crippen LogP contribution is 2.16. The summed E-state index contributed by atoms with van der Waals surface area (Å²) in [6.07, 6.45) is 0. The van der Waals surface area contributed by atoms with Crippen LogP contribution in [0.4, 0.5) is 20.3 Å². The Kier molecular flexibility index (Phi) is 5.67. The van der Waals surface area contributed by atoms with Gasteiger partial charge in [-0.15, -0.1) is 0 Å². The normalized spacial score (nSPS) is 10.8. The molecule has 0 aliphatic carbocycles. The topological polar surface area (TPSA) is 84.3 Å². The zero-order valence-electron chi connectivity index (χ0n) is 15.8. The van der Waals surface area contributed by atoms with Crippen LogP contribution in [-0.2, 0) is 16.1 Å². The lowest BCUT2D eigenvalue weighted by Gasteiger charge is -2.19. The number of carbonyl (C=O) groups excluding carboxylic acids is 2. The number of carbonyl (C=O) groups is 2. The van der Waals surface area contributed by atoms with Crippen LogP contribution in [0, 0.1) is 11.6 Å². The van der Waals surface area contributed by atoms with E-state index < -0.39 is 29.6 Å². The molecule has 9 heteroatoms. The Hall–Kier alpha value is -3.62. The smallest absolute Gasteiger partial charge is 0.294 e. The van der Waals surface area contributed by atoms with E-state index in [2.05, 4.69) is 10.3 Å². The number of hydrogen-bond donors (Lipinski definition) is 1. The van der Waals surface area contributed by atoms with Crippen molar-refractivity contribution in [1.82, 2.24) is 9.55 Å². The first-order valence-electron chi connectivity index (χ1n) is 8.83. The third-order valence-electron chi connectivity index (χ3n) is 4.24. The highest BCUT2D eigenvalue weighted by atomic mass is 19.1. The van der Waals surface area contributed by atoms with E-state index in [4.69, 9.17) is 0 Å². The second kappa shape index (κ2) is 8.17. The molecule has 150 valence electrons. The average molecular weight is 400 g/mol. The van der Waals surface area contributed by atoms with Gasteiger partial charge in [0.25, 0.3) is 5.56 Å². The maximum atomic E-state index is 13.3. The fraction of sp³-hybridized carbons (Fsp3) is 0.200. The van der Waals surface area contributed by atoms with Crippen molar-refractivity contribution in [3.63, 3.8) is 0 Å². The van der Waals surface area contributed by atoms with Gasteiger partial charge in [-0.1, -0.05) is 12.1 Å². The highest BCUT2D eigenvalue weighted by Gasteiger charge is 2.20. The van der Waals surface area contributed by atoms with Crippen molar-refractivity contribution < 1.29 is 18.4 Å². The van der Waals surface area contributed by atoms with Crippen molar-refractivity contribution in [3.8, 4) is 0 Å². The van der Waals surface area contributed by atoms with Crippen LogP contribution in [0.5, 0.6) is 0 Å². The molecule has 0 atom stereocenters. The maximum Gasteiger partial charge on any atom is 0.294 e. The summed E-state index contributed by atoms with van der Waals surface area (Å²) < 4.78 is 27.9. The molecule has 0 radical (unpaired) electrons. The van der Waals surface area contributed by atoms with Gasteiger partial charge in [-0.2, -0.15) is 0 Å². The van der Waals surface area contributed by atoms with Crippen LogP contribution in [0.1, 0.15) is 13.8 Å². The van der Waals surface area contributed by atoms with Gasteiger partial charge >= 0.3 is 0 Å². The highest BCUT2D eigenvalue weighted by molar-refractivity contribution is 5.93. The third kappa shape index (κ3) is 4.29. The number of halogens is 2. The van der Waals surface area contributed by atoms with Crippen LogP contribution < -0.4 is 15.8 Å². The molecule has 0 bridgehead atoms. The van der Waals surface area contributed by atoms with E-state index in [1.807, 2.05) is 0 Å². The Labute approximate surface area is 164 Å². The molecule has 3 rings (SSSR count). The van der Waals surface area contributed by atoms with Crippen molar-refractivity contribution in [2.75, 3.05) is 16.8 Å². The van der Waals surface area contributed by atoms with Crippen molar-refractivity contribution in [1.29, 1.82) is 0 Å². The molecule has 0 aliphatic heterocycles. The Balaban J connectivity index is 2.03. The van der Waals surface area contributed by atoms with Gasteiger partial charge in [-0.25, -0.2) is 13.8 Å². The van der Waals surface area contributed by atoms with E-state index in [-0.39, 0.29) is 24.0 Å². The van der Waals surface area contributed by atoms with Crippen molar-refractivity contribution >= 4 is 34.4 Å². The number of hydrogen-bond acceptors (Lipinski definition) is 4. The van der Waals surface area contributed by atoms with Gasteiger partial charge in [0.15, 0.2) is 0 Å². The number of para-hydroxylation sites is 2. The van der Waals surface area contributed by atoms with Gasteiger partial charge in [0, 0.05) is 25.2 Å². The Morgan fingerprint density at radius 2 is 1.79 bits per heavy atom. The number of benzene rings is 2. The second-order valence-corrected chi connectivity index (χ2v) is 6.28. The van der Waals surface area contributed by atoms with Gasteiger partial charge in [-0.3, -0.25) is 23.9 Å². The quantitative estimate of drug-likeness (QED) is 0.714. The second-order valence-electron chi connectivity index (χ2n) is 6.28. The molecular formula is C20H18F2N4O3. The van der Waals surface area contributed by atoms with Gasteiger partial charge in [0.05, 0.1) is 11.0 Å². The number of nitrogens with one attached hydrogen (secondary N) is 1. The first-order chi connectivity index (χ1) is 13.8. The Morgan fingerprint density at radius 1 is 1.14 bits per heavy atom. The summed E-state index contributed by atoms with van der Waals surface area (Å²) >= 11 is 0. The standard InChI is InChI=1S/C20H18F2N4O3/c1-3-25(12(2)27)19-20(29)26(17-7-5-4-6-16(17)24-19)11-18(28)23-15-9-13(21)8-14(22)10-15/h4-10H,3,11H2,1-2H3,(H,23,28). The Morgan fingerprint density at radius 3 is 2.41 bits per heavy atom. The predicted molar refractivity (Wildman–Crippen MR) is 105 cm³/mol. The lowest BCUT2D eigenvalue weighted by Crippen LogP contribution is -2.38. The molecule has 1 N–H and O–H groups in total. The average Bonchev–Trinajstić information content (AvgIpc) is 2.64. The molecular weight excluding hydrogens is 382 g/mol.